The van der Waals surface area contributed by atoms with Crippen LogP contribution in [0.1, 0.15) is 91.2 Å². The van der Waals surface area contributed by atoms with Crippen LogP contribution in [0.25, 0.3) is 0 Å². The first-order valence-electron chi connectivity index (χ1n) is 19.3. The molecule has 0 aromatic heterocycles. The fourth-order valence-electron chi connectivity index (χ4n) is 8.11. The lowest BCUT2D eigenvalue weighted by atomic mass is 9.81. The molecule has 0 saturated heterocycles. The largest absolute Gasteiger partial charge is 0.344 e. The monoisotopic (exact) mass is 829 g/mol. The van der Waals surface area contributed by atoms with E-state index in [1.807, 2.05) is 38.1 Å². The van der Waals surface area contributed by atoms with E-state index in [1.54, 1.807) is 0 Å². The number of unbranched alkanes of at least 4 members (excludes halogenated alkanes) is 2. The van der Waals surface area contributed by atoms with E-state index >= 15 is 0 Å². The van der Waals surface area contributed by atoms with Crippen LogP contribution in [0.5, 0.6) is 0 Å². The van der Waals surface area contributed by atoms with Gasteiger partial charge in [-0.2, -0.15) is 25.7 Å². The number of anilines is 1. The molecule has 2 aromatic rings. The Kier molecular flexibility index (Phi) is 14.5. The topological polar surface area (TPSA) is 149 Å². The first-order valence-corrected chi connectivity index (χ1v) is 23.3. The van der Waals surface area contributed by atoms with Gasteiger partial charge in [0.2, 0.25) is 5.69 Å². The normalized spacial score (nSPS) is 19.3. The van der Waals surface area contributed by atoms with Crippen LogP contribution in [0.3, 0.4) is 0 Å². The van der Waals surface area contributed by atoms with Gasteiger partial charge in [-0.3, -0.25) is 9.27 Å². The van der Waals surface area contributed by atoms with Gasteiger partial charge in [-0.25, -0.2) is 5.26 Å². The summed E-state index contributed by atoms with van der Waals surface area (Å²) in [5.41, 5.74) is 8.43. The van der Waals surface area contributed by atoms with Crippen molar-refractivity contribution < 1.29 is 40.6 Å². The van der Waals surface area contributed by atoms with E-state index in [0.29, 0.717) is 56.8 Å². The average molecular weight is 830 g/mol. The number of hydrogen-bond acceptors (Lipinski definition) is 9. The van der Waals surface area contributed by atoms with Crippen molar-refractivity contribution in [2.75, 3.05) is 42.6 Å². The van der Waals surface area contributed by atoms with Crippen molar-refractivity contribution in [3.8, 4) is 0 Å². The smallest absolute Gasteiger partial charge is 0.301 e. The molecule has 12 nitrogen and oxygen atoms in total. The Morgan fingerprint density at radius 2 is 1.59 bits per heavy atom. The zero-order chi connectivity index (χ0) is 40.7. The van der Waals surface area contributed by atoms with E-state index in [4.69, 9.17) is 5.26 Å². The average Bonchev–Trinajstić information content (AvgIpc) is 3.70. The SMILES string of the molecule is CCN(CC)S(=O)(=O)NC1=C(/C=C/C2=[N+](CCCCSOOO)c3ccccc3C2(C)C)CC/C1=C\C=C1\N(CCCCS(=O)(=O)O)c2ccccc2C1(C)C. The molecule has 0 saturated carbocycles. The summed E-state index contributed by atoms with van der Waals surface area (Å²) in [6.07, 6.45) is 12.2. The predicted octanol–water partition coefficient (Wildman–Crippen LogP) is 7.97. The molecule has 306 valence electrons. The molecule has 0 unspecified atom stereocenters. The molecule has 3 aliphatic rings. The Bertz CT molecular complexity index is 2120. The molecule has 0 amide bonds. The summed E-state index contributed by atoms with van der Waals surface area (Å²) >= 11 is 1.06. The zero-order valence-electron chi connectivity index (χ0n) is 33.3. The fourth-order valence-corrected chi connectivity index (χ4v) is 10.4. The van der Waals surface area contributed by atoms with Gasteiger partial charge in [0, 0.05) is 78.4 Å². The van der Waals surface area contributed by atoms with Crippen LogP contribution in [0, 0.1) is 0 Å². The third-order valence-corrected chi connectivity index (χ3v) is 14.1. The van der Waals surface area contributed by atoms with E-state index in [0.717, 1.165) is 70.9 Å². The Balaban J connectivity index is 1.54. The van der Waals surface area contributed by atoms with Crippen molar-refractivity contribution in [3.63, 3.8) is 0 Å². The van der Waals surface area contributed by atoms with Gasteiger partial charge in [0.15, 0.2) is 5.71 Å². The lowest BCUT2D eigenvalue weighted by molar-refractivity contribution is -0.438. The Labute approximate surface area is 337 Å². The summed E-state index contributed by atoms with van der Waals surface area (Å²) in [4.78, 5) is 2.22. The van der Waals surface area contributed by atoms with Gasteiger partial charge in [-0.05, 0) is 74.8 Å². The van der Waals surface area contributed by atoms with Crippen LogP contribution in [0.2, 0.25) is 0 Å². The van der Waals surface area contributed by atoms with Crippen molar-refractivity contribution >= 4 is 49.5 Å². The summed E-state index contributed by atoms with van der Waals surface area (Å²) < 4.78 is 71.1. The summed E-state index contributed by atoms with van der Waals surface area (Å²) in [7, 11) is -7.90. The second kappa shape index (κ2) is 18.5. The highest BCUT2D eigenvalue weighted by atomic mass is 32.2. The third kappa shape index (κ3) is 9.87. The molecule has 1 aliphatic carbocycles. The van der Waals surface area contributed by atoms with E-state index < -0.39 is 20.3 Å². The van der Waals surface area contributed by atoms with Crippen LogP contribution in [-0.4, -0.2) is 78.9 Å². The van der Waals surface area contributed by atoms with Crippen molar-refractivity contribution in [1.82, 2.24) is 9.03 Å². The van der Waals surface area contributed by atoms with Crippen molar-refractivity contribution in [2.24, 2.45) is 0 Å². The number of nitrogens with zero attached hydrogens (tertiary/aromatic N) is 3. The minimum Gasteiger partial charge on any atom is -0.344 e. The minimum atomic E-state index is -4.05. The van der Waals surface area contributed by atoms with Gasteiger partial charge in [0.05, 0.1) is 16.9 Å². The Morgan fingerprint density at radius 1 is 0.893 bits per heavy atom. The number of fused-ring (bicyclic) bond motifs is 2. The molecule has 0 atom stereocenters. The van der Waals surface area contributed by atoms with Crippen LogP contribution in [0.15, 0.2) is 95.4 Å². The number of hydrogen-bond donors (Lipinski definition) is 3. The van der Waals surface area contributed by atoms with E-state index in [2.05, 4.69) is 99.8 Å². The highest BCUT2D eigenvalue weighted by Crippen LogP contribution is 2.48. The molecule has 2 aromatic carbocycles. The summed E-state index contributed by atoms with van der Waals surface area (Å²) in [6.45, 7) is 14.4. The lowest BCUT2D eigenvalue weighted by Crippen LogP contribution is -2.40. The first-order chi connectivity index (χ1) is 26.6. The standard InChI is InChI=1S/C41H56N4O8S3/c1-7-43(8-2)56(50,51)42-39-31(23-25-37-40(3,4)33-17-9-11-19-35(33)44(37)27-13-15-29-54-53-52-46)21-22-32(39)24-26-38-41(5,6)34-18-10-12-20-36(34)45(38)28-14-16-30-55(47,48)49/h9-12,17-20,23-26H,7-8,13-16,21-22,27-30H2,1-6H3,(H2,46,47,48,49)/p+1/b32-24+,38-26+. The molecule has 15 heteroatoms. The first kappa shape index (κ1) is 43.8. The van der Waals surface area contributed by atoms with Crippen LogP contribution in [-0.2, 0) is 40.5 Å². The molecule has 2 aliphatic heterocycles. The summed E-state index contributed by atoms with van der Waals surface area (Å²) in [5.74, 6) is 0.371. The number of benzene rings is 2. The van der Waals surface area contributed by atoms with Crippen molar-refractivity contribution in [3.05, 3.63) is 107 Å². The Morgan fingerprint density at radius 3 is 2.29 bits per heavy atom. The number of nitrogens with one attached hydrogen (secondary N) is 1. The maximum absolute atomic E-state index is 13.8. The van der Waals surface area contributed by atoms with Crippen molar-refractivity contribution in [1.29, 1.82) is 0 Å². The van der Waals surface area contributed by atoms with Gasteiger partial charge in [0.25, 0.3) is 10.1 Å². The van der Waals surface area contributed by atoms with E-state index in [9.17, 15) is 21.4 Å². The van der Waals surface area contributed by atoms with Crippen LogP contribution in [0.4, 0.5) is 11.4 Å². The molecule has 0 spiro atoms. The van der Waals surface area contributed by atoms with E-state index in [1.165, 1.54) is 9.87 Å². The zero-order valence-corrected chi connectivity index (χ0v) is 35.8. The number of rotatable bonds is 20. The van der Waals surface area contributed by atoms with Gasteiger partial charge in [-0.15, -0.1) is 4.33 Å². The van der Waals surface area contributed by atoms with Crippen LogP contribution >= 0.6 is 12.0 Å². The molecule has 2 heterocycles. The molecule has 56 heavy (non-hydrogen) atoms. The number of allylic oxidation sites excluding steroid dienone is 7. The lowest BCUT2D eigenvalue weighted by Gasteiger charge is -2.27. The molecule has 0 fully saturated rings. The summed E-state index contributed by atoms with van der Waals surface area (Å²) in [5, 5.41) is 12.2. The quantitative estimate of drug-likeness (QED) is 0.0300. The summed E-state index contributed by atoms with van der Waals surface area (Å²) in [6, 6.07) is 16.6. The minimum absolute atomic E-state index is 0.290. The molecule has 3 N–H and O–H groups in total. The molecular weight excluding hydrogens is 773 g/mol. The molecule has 5 rings (SSSR count). The van der Waals surface area contributed by atoms with Gasteiger partial charge in [0.1, 0.15) is 6.54 Å². The highest BCUT2D eigenvalue weighted by molar-refractivity contribution is 7.94. The molecule has 0 bridgehead atoms. The maximum atomic E-state index is 13.8. The van der Waals surface area contributed by atoms with Crippen LogP contribution < -0.4 is 9.62 Å². The van der Waals surface area contributed by atoms with Gasteiger partial charge >= 0.3 is 10.2 Å². The third-order valence-electron chi connectivity index (χ3n) is 11.0. The predicted molar refractivity (Wildman–Crippen MR) is 225 cm³/mol. The molecule has 0 radical (unpaired) electrons. The number of para-hydroxylation sites is 2. The second-order valence-corrected chi connectivity index (χ2v) is 19.3. The molecular formula is C41H57N4O8S3+. The van der Waals surface area contributed by atoms with Crippen molar-refractivity contribution in [2.45, 2.75) is 90.9 Å². The highest BCUT2D eigenvalue weighted by Gasteiger charge is 2.44. The second-order valence-electron chi connectivity index (χ2n) is 15.3. The van der Waals surface area contributed by atoms with E-state index in [-0.39, 0.29) is 16.6 Å². The Hall–Kier alpha value is -3.28. The fraction of sp³-hybridized carbons (Fsp3) is 0.488. The maximum Gasteiger partial charge on any atom is 0.301 e. The van der Waals surface area contributed by atoms with Gasteiger partial charge < -0.3 is 4.90 Å². The van der Waals surface area contributed by atoms with Gasteiger partial charge in [-0.1, -0.05) is 81.3 Å².